The van der Waals surface area contributed by atoms with E-state index in [-0.39, 0.29) is 47.4 Å². The van der Waals surface area contributed by atoms with Crippen molar-refractivity contribution < 1.29 is 29.0 Å². The van der Waals surface area contributed by atoms with Crippen LogP contribution >= 0.6 is 0 Å². The SMILES string of the molecule is C=C[C@]1(C)C[C@@H](OC(=O)N2Cc3c(NC(=O)C4CCCN4)cccc3C2=O)[C@@]2(C)C3C(=O)CC[C@@]3(CC[C@H]2C)[C@@H](C)[C@@H]1O. The number of nitrogens with zero attached hydrogens (tertiary/aromatic N) is 1. The van der Waals surface area contributed by atoms with Gasteiger partial charge in [0.05, 0.1) is 18.7 Å². The predicted molar refractivity (Wildman–Crippen MR) is 161 cm³/mol. The van der Waals surface area contributed by atoms with Crippen LogP contribution in [0, 0.1) is 34.0 Å². The van der Waals surface area contributed by atoms with E-state index in [9.17, 15) is 24.3 Å². The van der Waals surface area contributed by atoms with E-state index < -0.39 is 35.0 Å². The summed E-state index contributed by atoms with van der Waals surface area (Å²) in [5, 5.41) is 17.9. The van der Waals surface area contributed by atoms with Crippen LogP contribution in [0.3, 0.4) is 0 Å². The molecule has 2 heterocycles. The predicted octanol–water partition coefficient (Wildman–Crippen LogP) is 4.83. The topological polar surface area (TPSA) is 125 Å². The van der Waals surface area contributed by atoms with Gasteiger partial charge in [-0.3, -0.25) is 14.4 Å². The molecule has 3 aliphatic carbocycles. The molecule has 5 aliphatic rings. The molecule has 2 aliphatic heterocycles. The number of hydrogen-bond acceptors (Lipinski definition) is 7. The maximum atomic E-state index is 14.0. The van der Waals surface area contributed by atoms with Crippen molar-refractivity contribution in [2.24, 2.45) is 34.0 Å². The Morgan fingerprint density at radius 3 is 2.65 bits per heavy atom. The fourth-order valence-corrected chi connectivity index (χ4v) is 9.41. The van der Waals surface area contributed by atoms with Gasteiger partial charge in [-0.15, -0.1) is 6.58 Å². The highest BCUT2D eigenvalue weighted by molar-refractivity contribution is 6.08. The molecule has 4 fully saturated rings. The van der Waals surface area contributed by atoms with Crippen molar-refractivity contribution in [3.05, 3.63) is 42.0 Å². The monoisotopic (exact) mass is 591 g/mol. The zero-order chi connectivity index (χ0) is 30.9. The van der Waals surface area contributed by atoms with E-state index in [4.69, 9.17) is 4.74 Å². The minimum atomic E-state index is -0.773. The summed E-state index contributed by atoms with van der Waals surface area (Å²) in [5.41, 5.74) is -0.380. The lowest BCUT2D eigenvalue weighted by molar-refractivity contribution is -0.192. The molecule has 6 rings (SSSR count). The number of aliphatic hydroxyl groups excluding tert-OH is 1. The first-order valence-corrected chi connectivity index (χ1v) is 15.9. The summed E-state index contributed by atoms with van der Waals surface area (Å²) in [6.07, 6.45) is 4.35. The number of amides is 3. The van der Waals surface area contributed by atoms with Gasteiger partial charge in [0, 0.05) is 40.0 Å². The highest BCUT2D eigenvalue weighted by Crippen LogP contribution is 2.68. The number of ether oxygens (including phenoxy) is 1. The molecule has 9 heteroatoms. The van der Waals surface area contributed by atoms with Crippen LogP contribution < -0.4 is 10.6 Å². The Morgan fingerprint density at radius 2 is 1.95 bits per heavy atom. The number of hydrogen-bond donors (Lipinski definition) is 3. The average Bonchev–Trinajstić information content (AvgIpc) is 3.73. The molecule has 3 N–H and O–H groups in total. The van der Waals surface area contributed by atoms with Crippen molar-refractivity contribution in [2.75, 3.05) is 11.9 Å². The molecule has 232 valence electrons. The number of carbonyl (C=O) groups excluding carboxylic acids is 4. The Labute approximate surface area is 253 Å². The quantitative estimate of drug-likeness (QED) is 0.428. The van der Waals surface area contributed by atoms with Crippen molar-refractivity contribution in [1.29, 1.82) is 0 Å². The van der Waals surface area contributed by atoms with Gasteiger partial charge in [-0.05, 0) is 74.5 Å². The van der Waals surface area contributed by atoms with Gasteiger partial charge in [-0.25, -0.2) is 9.69 Å². The molecule has 3 amide bonds. The van der Waals surface area contributed by atoms with Gasteiger partial charge < -0.3 is 20.5 Å². The first-order chi connectivity index (χ1) is 20.4. The zero-order valence-corrected chi connectivity index (χ0v) is 25.8. The van der Waals surface area contributed by atoms with Gasteiger partial charge >= 0.3 is 6.09 Å². The van der Waals surface area contributed by atoms with Crippen LogP contribution in [-0.4, -0.2) is 58.5 Å². The third-order valence-corrected chi connectivity index (χ3v) is 12.4. The minimum absolute atomic E-state index is 0.0226. The number of aliphatic hydroxyl groups is 1. The third kappa shape index (κ3) is 4.40. The standard InChI is InChI=1S/C34H45N3O6/c1-6-32(4)17-26(33(5)19(2)12-14-34(20(3)28(32)39)15-13-25(38)27(33)34)43-31(42)37-18-22-21(30(37)41)9-7-10-23(22)36-29(40)24-11-8-16-35-24/h6-7,9-10,19-20,24,26-28,35,39H,1,8,11-18H2,2-5H3,(H,36,40)/t19-,20+,24?,26-,27?,28+,32-,33+,34+/m1/s1. The molecule has 2 unspecified atom stereocenters. The summed E-state index contributed by atoms with van der Waals surface area (Å²) in [6.45, 7) is 13.1. The molecule has 1 saturated heterocycles. The molecule has 3 saturated carbocycles. The first-order valence-electron chi connectivity index (χ1n) is 15.9. The van der Waals surface area contributed by atoms with Crippen LogP contribution in [0.4, 0.5) is 10.5 Å². The lowest BCUT2D eigenvalue weighted by Crippen LogP contribution is -2.63. The Balaban J connectivity index is 1.31. The summed E-state index contributed by atoms with van der Waals surface area (Å²) < 4.78 is 6.37. The fraction of sp³-hybridized carbons (Fsp3) is 0.647. The molecule has 1 aromatic rings. The van der Waals surface area contributed by atoms with E-state index in [0.29, 0.717) is 29.7 Å². The zero-order valence-electron chi connectivity index (χ0n) is 25.8. The Bertz CT molecular complexity index is 1370. The van der Waals surface area contributed by atoms with Crippen LogP contribution in [0.2, 0.25) is 0 Å². The number of carbonyl (C=O) groups is 4. The molecule has 0 spiro atoms. The summed E-state index contributed by atoms with van der Waals surface area (Å²) in [6, 6.07) is 4.82. The van der Waals surface area contributed by atoms with Crippen LogP contribution in [-0.2, 0) is 20.9 Å². The maximum absolute atomic E-state index is 14.0. The summed E-state index contributed by atoms with van der Waals surface area (Å²) in [4.78, 5) is 55.1. The van der Waals surface area contributed by atoms with E-state index in [1.165, 1.54) is 0 Å². The van der Waals surface area contributed by atoms with E-state index in [0.717, 1.165) is 43.5 Å². The molecule has 9 nitrogen and oxygen atoms in total. The van der Waals surface area contributed by atoms with Crippen LogP contribution in [0.1, 0.15) is 88.6 Å². The van der Waals surface area contributed by atoms with Crippen molar-refractivity contribution in [3.63, 3.8) is 0 Å². The fourth-order valence-electron chi connectivity index (χ4n) is 9.41. The number of benzene rings is 1. The Morgan fingerprint density at radius 1 is 1.19 bits per heavy atom. The largest absolute Gasteiger partial charge is 0.445 e. The summed E-state index contributed by atoms with van der Waals surface area (Å²) >= 11 is 0. The van der Waals surface area contributed by atoms with E-state index in [1.807, 2.05) is 6.92 Å². The van der Waals surface area contributed by atoms with Gasteiger partial charge in [0.25, 0.3) is 5.91 Å². The number of Topliss-reactive ketones (excluding diaryl/α,β-unsaturated/α-hetero) is 1. The molecular weight excluding hydrogens is 546 g/mol. The molecule has 1 aromatic carbocycles. The van der Waals surface area contributed by atoms with Gasteiger partial charge in [0.1, 0.15) is 11.9 Å². The Hall–Kier alpha value is -3.04. The smallest absolute Gasteiger partial charge is 0.417 e. The van der Waals surface area contributed by atoms with Gasteiger partial charge in [-0.1, -0.05) is 39.8 Å². The second-order valence-corrected chi connectivity index (χ2v) is 14.3. The number of ketones is 1. The molecular formula is C34H45N3O6. The summed E-state index contributed by atoms with van der Waals surface area (Å²) in [5.74, 6) is -0.850. The third-order valence-electron chi connectivity index (χ3n) is 12.4. The average molecular weight is 592 g/mol. The Kier molecular flexibility index (Phi) is 7.36. The van der Waals surface area contributed by atoms with Gasteiger partial charge in [-0.2, -0.15) is 0 Å². The van der Waals surface area contributed by atoms with Crippen molar-refractivity contribution in [2.45, 2.75) is 97.4 Å². The number of imide groups is 1. The van der Waals surface area contributed by atoms with Crippen LogP contribution in [0.5, 0.6) is 0 Å². The van der Waals surface area contributed by atoms with E-state index in [1.54, 1.807) is 24.3 Å². The lowest BCUT2D eigenvalue weighted by atomic mass is 9.44. The molecule has 43 heavy (non-hydrogen) atoms. The second kappa shape index (κ2) is 10.5. The summed E-state index contributed by atoms with van der Waals surface area (Å²) in [7, 11) is 0. The minimum Gasteiger partial charge on any atom is -0.445 e. The second-order valence-electron chi connectivity index (χ2n) is 14.3. The van der Waals surface area contributed by atoms with Gasteiger partial charge in [0.15, 0.2) is 0 Å². The number of rotatable bonds is 4. The molecule has 9 atom stereocenters. The van der Waals surface area contributed by atoms with Crippen LogP contribution in [0.25, 0.3) is 0 Å². The van der Waals surface area contributed by atoms with Crippen LogP contribution in [0.15, 0.2) is 30.9 Å². The normalized spacial score (nSPS) is 40.3. The van der Waals surface area contributed by atoms with E-state index in [2.05, 4.69) is 38.0 Å². The molecule has 0 radical (unpaired) electrons. The van der Waals surface area contributed by atoms with E-state index >= 15 is 0 Å². The van der Waals surface area contributed by atoms with Gasteiger partial charge in [0.2, 0.25) is 5.91 Å². The van der Waals surface area contributed by atoms with Crippen molar-refractivity contribution in [3.8, 4) is 0 Å². The molecule has 0 aromatic heterocycles. The number of nitrogens with one attached hydrogen (secondary N) is 2. The van der Waals surface area contributed by atoms with Crippen molar-refractivity contribution in [1.82, 2.24) is 10.2 Å². The number of fused-ring (bicyclic) bond motifs is 1. The highest BCUT2D eigenvalue weighted by Gasteiger charge is 2.68. The number of anilines is 1. The first kappa shape index (κ1) is 30.0. The molecule has 2 bridgehead atoms. The highest BCUT2D eigenvalue weighted by atomic mass is 16.6. The lowest BCUT2D eigenvalue weighted by Gasteiger charge is -2.61. The maximum Gasteiger partial charge on any atom is 0.417 e. The van der Waals surface area contributed by atoms with Crippen molar-refractivity contribution >= 4 is 29.4 Å².